The Hall–Kier alpha value is -3.94. The molecule has 300 valence electrons. The van der Waals surface area contributed by atoms with Crippen molar-refractivity contribution in [1.29, 1.82) is 0 Å². The van der Waals surface area contributed by atoms with E-state index >= 15 is 0 Å². The Morgan fingerprint density at radius 2 is 1.55 bits per heavy atom. The van der Waals surface area contributed by atoms with E-state index in [9.17, 15) is 14.4 Å². The summed E-state index contributed by atoms with van der Waals surface area (Å²) in [6, 6.07) is 16.4. The van der Waals surface area contributed by atoms with E-state index in [0.717, 1.165) is 49.2 Å². The zero-order chi connectivity index (χ0) is 39.8. The first-order chi connectivity index (χ1) is 27.1. The van der Waals surface area contributed by atoms with Crippen molar-refractivity contribution >= 4 is 62.0 Å². The van der Waals surface area contributed by atoms with Gasteiger partial charge in [0.25, 0.3) is 5.91 Å². The molecule has 2 heterocycles. The number of nitrogens with two attached hydrogens (primary N) is 1. The van der Waals surface area contributed by atoms with Crippen LogP contribution in [0.1, 0.15) is 76.6 Å². The summed E-state index contributed by atoms with van der Waals surface area (Å²) in [7, 11) is 1.59. The van der Waals surface area contributed by atoms with E-state index in [1.54, 1.807) is 48.1 Å². The van der Waals surface area contributed by atoms with Gasteiger partial charge in [0.05, 0.1) is 30.3 Å². The molecule has 0 unspecified atom stereocenters. The Bertz CT molecular complexity index is 2010. The second-order valence-electron chi connectivity index (χ2n) is 14.7. The van der Waals surface area contributed by atoms with Crippen LogP contribution in [0.5, 0.6) is 5.75 Å². The van der Waals surface area contributed by atoms with Crippen LogP contribution in [0, 0.1) is 6.92 Å². The molecule has 2 N–H and O–H groups in total. The number of hydrogen-bond donors (Lipinski definition) is 1. The molecule has 2 fully saturated rings. The highest BCUT2D eigenvalue weighted by molar-refractivity contribution is 9.10. The Morgan fingerprint density at radius 1 is 0.893 bits per heavy atom. The van der Waals surface area contributed by atoms with Gasteiger partial charge in [0.2, 0.25) is 0 Å². The summed E-state index contributed by atoms with van der Waals surface area (Å²) in [5, 5.41) is 1.31. The predicted octanol–water partition coefficient (Wildman–Crippen LogP) is 7.36. The van der Waals surface area contributed by atoms with Gasteiger partial charge in [0.1, 0.15) is 19.0 Å². The summed E-state index contributed by atoms with van der Waals surface area (Å²) in [4.78, 5) is 46.9. The topological polar surface area (TPSA) is 120 Å². The lowest BCUT2D eigenvalue weighted by Crippen LogP contribution is -2.48. The zero-order valence-corrected chi connectivity index (χ0v) is 35.0. The van der Waals surface area contributed by atoms with E-state index < -0.39 is 0 Å². The smallest absolute Gasteiger partial charge is 0.338 e. The van der Waals surface area contributed by atoms with Crippen molar-refractivity contribution in [2.24, 2.45) is 0 Å². The molecule has 1 saturated carbocycles. The molecular formula is C43H53BrClN5O6. The van der Waals surface area contributed by atoms with E-state index in [4.69, 9.17) is 31.5 Å². The van der Waals surface area contributed by atoms with Crippen LogP contribution in [0.15, 0.2) is 59.1 Å². The molecule has 0 radical (unpaired) electrons. The van der Waals surface area contributed by atoms with Crippen molar-refractivity contribution in [3.63, 3.8) is 0 Å². The van der Waals surface area contributed by atoms with Gasteiger partial charge in [-0.2, -0.15) is 0 Å². The molecule has 1 saturated heterocycles. The van der Waals surface area contributed by atoms with Gasteiger partial charge in [0.15, 0.2) is 0 Å². The highest BCUT2D eigenvalue weighted by Crippen LogP contribution is 2.32. The molecule has 1 aliphatic heterocycles. The van der Waals surface area contributed by atoms with Crippen LogP contribution in [0.4, 0.5) is 5.69 Å². The Kier molecular flexibility index (Phi) is 14.5. The van der Waals surface area contributed by atoms with Crippen LogP contribution in [0.2, 0.25) is 5.02 Å². The number of methoxy groups -OCH3 is 1. The number of fused-ring (bicyclic) bond motifs is 1. The summed E-state index contributed by atoms with van der Waals surface area (Å²) in [6.45, 7) is 10.8. The van der Waals surface area contributed by atoms with Gasteiger partial charge in [-0.15, -0.1) is 0 Å². The van der Waals surface area contributed by atoms with Crippen LogP contribution in [0.3, 0.4) is 0 Å². The van der Waals surface area contributed by atoms with Crippen molar-refractivity contribution in [3.8, 4) is 5.75 Å². The molecule has 0 spiro atoms. The van der Waals surface area contributed by atoms with E-state index in [-0.39, 0.29) is 30.9 Å². The fourth-order valence-electron chi connectivity index (χ4n) is 7.95. The maximum absolute atomic E-state index is 13.6. The fraction of sp³-hybridized carbons (Fsp3) is 0.465. The molecule has 3 aromatic carbocycles. The summed E-state index contributed by atoms with van der Waals surface area (Å²) >= 11 is 9.63. The van der Waals surface area contributed by atoms with Crippen molar-refractivity contribution in [3.05, 3.63) is 92.0 Å². The predicted molar refractivity (Wildman–Crippen MR) is 224 cm³/mol. The number of rotatable bonds is 15. The third-order valence-electron chi connectivity index (χ3n) is 11.3. The molecule has 0 atom stereocenters. The molecule has 2 aliphatic rings. The normalized spacial score (nSPS) is 15.7. The standard InChI is InChI=1S/C43H53BrClN5O6/c1-4-49(34-8-6-5-7-9-34)28-32-24-31(25-38(44)41(32)46)43(53)56-23-21-48-18-16-47(17-19-48)20-22-55-40(51)27-36-29(2)50(39-15-14-35(54-3)26-37(36)39)42(52)30-10-12-33(45)13-11-30/h10-15,24-26,34H,4-9,16-23,27-28,46H2,1-3H3. The van der Waals surface area contributed by atoms with Crippen molar-refractivity contribution in [2.45, 2.75) is 65.0 Å². The van der Waals surface area contributed by atoms with Crippen LogP contribution >= 0.6 is 27.5 Å². The van der Waals surface area contributed by atoms with Crippen LogP contribution in [-0.4, -0.2) is 109 Å². The number of benzene rings is 3. The van der Waals surface area contributed by atoms with Crippen molar-refractivity contribution in [1.82, 2.24) is 19.3 Å². The zero-order valence-electron chi connectivity index (χ0n) is 32.7. The fourth-order valence-corrected chi connectivity index (χ4v) is 8.58. The third-order valence-corrected chi connectivity index (χ3v) is 12.2. The number of nitrogen functional groups attached to an aromatic ring is 1. The number of nitrogens with zero attached hydrogens (tertiary/aromatic N) is 4. The van der Waals surface area contributed by atoms with Gasteiger partial charge in [-0.05, 0) is 108 Å². The van der Waals surface area contributed by atoms with Gasteiger partial charge in [-0.1, -0.05) is 37.8 Å². The van der Waals surface area contributed by atoms with Gasteiger partial charge in [-0.25, -0.2) is 4.79 Å². The Labute approximate surface area is 343 Å². The minimum Gasteiger partial charge on any atom is -0.497 e. The SMILES string of the molecule is CCN(Cc1cc(C(=O)OCCN2CCN(CCOC(=O)Cc3c(C)n(C(=O)c4ccc(Cl)cc4)c4ccc(OC)cc34)CC2)cc(Br)c1N)C1CCCCC1. The van der Waals surface area contributed by atoms with E-state index in [2.05, 4.69) is 37.6 Å². The maximum Gasteiger partial charge on any atom is 0.338 e. The van der Waals surface area contributed by atoms with E-state index in [1.807, 2.05) is 25.1 Å². The lowest BCUT2D eigenvalue weighted by atomic mass is 9.93. The van der Waals surface area contributed by atoms with Gasteiger partial charge >= 0.3 is 11.9 Å². The molecule has 4 aromatic rings. The number of halogens is 2. The number of piperazine rings is 1. The van der Waals surface area contributed by atoms with Crippen LogP contribution in [-0.2, 0) is 27.2 Å². The number of ether oxygens (including phenoxy) is 3. The number of hydrogen-bond acceptors (Lipinski definition) is 10. The number of carbonyl (C=O) groups excluding carboxylic acids is 3. The first-order valence-electron chi connectivity index (χ1n) is 19.6. The minimum absolute atomic E-state index is 0.0230. The van der Waals surface area contributed by atoms with E-state index in [1.165, 1.54) is 32.1 Å². The summed E-state index contributed by atoms with van der Waals surface area (Å²) in [5.74, 6) is -0.284. The average Bonchev–Trinajstić information content (AvgIpc) is 3.48. The first-order valence-corrected chi connectivity index (χ1v) is 20.8. The molecular weight excluding hydrogens is 798 g/mol. The highest BCUT2D eigenvalue weighted by atomic mass is 79.9. The van der Waals surface area contributed by atoms with E-state index in [0.29, 0.717) is 75.6 Å². The first kappa shape index (κ1) is 41.7. The number of carbonyl (C=O) groups is 3. The van der Waals surface area contributed by atoms with Crippen molar-refractivity contribution < 1.29 is 28.6 Å². The van der Waals surface area contributed by atoms with Crippen LogP contribution in [0.25, 0.3) is 10.9 Å². The monoisotopic (exact) mass is 849 g/mol. The van der Waals surface area contributed by atoms with Gasteiger partial charge in [0, 0.05) is 78.0 Å². The molecule has 56 heavy (non-hydrogen) atoms. The van der Waals surface area contributed by atoms with Crippen LogP contribution < -0.4 is 10.5 Å². The number of anilines is 1. The Balaban J connectivity index is 0.952. The Morgan fingerprint density at radius 3 is 2.20 bits per heavy atom. The molecule has 1 aromatic heterocycles. The number of aromatic nitrogens is 1. The lowest BCUT2D eigenvalue weighted by molar-refractivity contribution is -0.143. The molecule has 11 nitrogen and oxygen atoms in total. The average molecular weight is 851 g/mol. The lowest BCUT2D eigenvalue weighted by Gasteiger charge is -2.34. The second kappa shape index (κ2) is 19.5. The molecule has 0 bridgehead atoms. The molecule has 13 heteroatoms. The quantitative estimate of drug-likeness (QED) is 0.0961. The second-order valence-corrected chi connectivity index (χ2v) is 16.0. The van der Waals surface area contributed by atoms with Gasteiger partial charge in [-0.3, -0.25) is 28.9 Å². The maximum atomic E-state index is 13.6. The highest BCUT2D eigenvalue weighted by Gasteiger charge is 2.25. The largest absolute Gasteiger partial charge is 0.497 e. The summed E-state index contributed by atoms with van der Waals surface area (Å²) in [6.07, 6.45) is 6.28. The molecule has 0 amide bonds. The number of esters is 2. The summed E-state index contributed by atoms with van der Waals surface area (Å²) in [5.41, 5.74) is 11.2. The summed E-state index contributed by atoms with van der Waals surface area (Å²) < 4.78 is 19.2. The van der Waals surface area contributed by atoms with Crippen molar-refractivity contribution in [2.75, 3.05) is 71.9 Å². The molecule has 6 rings (SSSR count). The third kappa shape index (κ3) is 10.1. The van der Waals surface area contributed by atoms with Gasteiger partial charge < -0.3 is 19.9 Å². The minimum atomic E-state index is -0.360. The molecule has 1 aliphatic carbocycles.